The Morgan fingerprint density at radius 3 is 2.30 bits per heavy atom. The van der Waals surface area contributed by atoms with Crippen molar-refractivity contribution in [3.8, 4) is 5.75 Å². The van der Waals surface area contributed by atoms with Gasteiger partial charge in [0.05, 0.1) is 12.6 Å². The summed E-state index contributed by atoms with van der Waals surface area (Å²) in [5, 5.41) is 0. The minimum absolute atomic E-state index is 0.0593. The molecule has 1 aliphatic carbocycles. The van der Waals surface area contributed by atoms with Crippen LogP contribution >= 0.6 is 0 Å². The SMILES string of the molecule is O=C(c1ccc(OCC2CC2)cc1)N1CCN(C2CCCN(Cc3ccccc3)C2=O)CC1. The highest BCUT2D eigenvalue weighted by molar-refractivity contribution is 5.94. The van der Waals surface area contributed by atoms with E-state index in [1.54, 1.807) is 0 Å². The van der Waals surface area contributed by atoms with E-state index in [0.717, 1.165) is 44.8 Å². The standard InChI is InChI=1S/C27H33N3O3/c31-26(23-10-12-24(13-11-23)33-20-22-8-9-22)29-17-15-28(16-18-29)25-7-4-14-30(27(25)32)19-21-5-2-1-3-6-21/h1-3,5-6,10-13,22,25H,4,7-9,14-20H2. The highest BCUT2D eigenvalue weighted by Crippen LogP contribution is 2.29. The number of hydrogen-bond acceptors (Lipinski definition) is 4. The molecule has 2 aliphatic heterocycles. The van der Waals surface area contributed by atoms with Gasteiger partial charge in [-0.25, -0.2) is 0 Å². The largest absolute Gasteiger partial charge is 0.493 e. The zero-order valence-corrected chi connectivity index (χ0v) is 19.2. The monoisotopic (exact) mass is 447 g/mol. The van der Waals surface area contributed by atoms with Gasteiger partial charge in [0.15, 0.2) is 0 Å². The summed E-state index contributed by atoms with van der Waals surface area (Å²) in [6.07, 6.45) is 4.46. The molecule has 2 saturated heterocycles. The van der Waals surface area contributed by atoms with Crippen molar-refractivity contribution in [1.29, 1.82) is 0 Å². The number of carbonyl (C=O) groups excluding carboxylic acids is 2. The van der Waals surface area contributed by atoms with Gasteiger partial charge in [-0.15, -0.1) is 0 Å². The van der Waals surface area contributed by atoms with Crippen molar-refractivity contribution in [3.63, 3.8) is 0 Å². The number of ether oxygens (including phenoxy) is 1. The van der Waals surface area contributed by atoms with E-state index in [0.29, 0.717) is 31.1 Å². The van der Waals surface area contributed by atoms with Crippen molar-refractivity contribution in [1.82, 2.24) is 14.7 Å². The molecule has 0 radical (unpaired) electrons. The molecule has 1 atom stereocenters. The van der Waals surface area contributed by atoms with Crippen LogP contribution in [0.1, 0.15) is 41.6 Å². The molecule has 174 valence electrons. The molecule has 6 nitrogen and oxygen atoms in total. The third-order valence-electron chi connectivity index (χ3n) is 7.04. The van der Waals surface area contributed by atoms with Crippen LogP contribution in [-0.4, -0.2) is 71.9 Å². The fourth-order valence-corrected chi connectivity index (χ4v) is 4.83. The molecule has 0 bridgehead atoms. The molecule has 2 aromatic rings. The third kappa shape index (κ3) is 5.38. The van der Waals surface area contributed by atoms with Crippen LogP contribution in [0.25, 0.3) is 0 Å². The molecular formula is C27H33N3O3. The lowest BCUT2D eigenvalue weighted by atomic mass is 10.0. The maximum absolute atomic E-state index is 13.2. The number of rotatable bonds is 7. The maximum Gasteiger partial charge on any atom is 0.253 e. The molecule has 6 heteroatoms. The van der Waals surface area contributed by atoms with Gasteiger partial charge in [0.2, 0.25) is 5.91 Å². The van der Waals surface area contributed by atoms with Crippen molar-refractivity contribution in [3.05, 3.63) is 65.7 Å². The van der Waals surface area contributed by atoms with Gasteiger partial charge in [-0.1, -0.05) is 30.3 Å². The van der Waals surface area contributed by atoms with E-state index in [2.05, 4.69) is 17.0 Å². The average molecular weight is 448 g/mol. The van der Waals surface area contributed by atoms with E-state index in [4.69, 9.17) is 4.74 Å². The second-order valence-electron chi connectivity index (χ2n) is 9.51. The highest BCUT2D eigenvalue weighted by atomic mass is 16.5. The molecule has 33 heavy (non-hydrogen) atoms. The van der Waals surface area contributed by atoms with E-state index in [9.17, 15) is 9.59 Å². The lowest BCUT2D eigenvalue weighted by Crippen LogP contribution is -2.58. The molecule has 2 aromatic carbocycles. The number of carbonyl (C=O) groups is 2. The van der Waals surface area contributed by atoms with Crippen LogP contribution < -0.4 is 4.74 Å². The Morgan fingerprint density at radius 1 is 0.879 bits per heavy atom. The van der Waals surface area contributed by atoms with Crippen LogP contribution in [0.2, 0.25) is 0 Å². The summed E-state index contributed by atoms with van der Waals surface area (Å²) >= 11 is 0. The number of piperidine rings is 1. The van der Waals surface area contributed by atoms with Crippen molar-refractivity contribution < 1.29 is 14.3 Å². The highest BCUT2D eigenvalue weighted by Gasteiger charge is 2.35. The minimum Gasteiger partial charge on any atom is -0.493 e. The molecular weight excluding hydrogens is 414 g/mol. The predicted octanol–water partition coefficient (Wildman–Crippen LogP) is 3.42. The predicted molar refractivity (Wildman–Crippen MR) is 127 cm³/mol. The van der Waals surface area contributed by atoms with Gasteiger partial charge < -0.3 is 14.5 Å². The number of amides is 2. The number of nitrogens with zero attached hydrogens (tertiary/aromatic N) is 3. The Morgan fingerprint density at radius 2 is 1.61 bits per heavy atom. The second-order valence-corrected chi connectivity index (χ2v) is 9.51. The van der Waals surface area contributed by atoms with Crippen LogP contribution in [0, 0.1) is 5.92 Å². The third-order valence-corrected chi connectivity index (χ3v) is 7.04. The van der Waals surface area contributed by atoms with Gasteiger partial charge in [0.1, 0.15) is 5.75 Å². The summed E-state index contributed by atoms with van der Waals surface area (Å²) in [4.78, 5) is 32.3. The van der Waals surface area contributed by atoms with E-state index < -0.39 is 0 Å². The zero-order valence-electron chi connectivity index (χ0n) is 19.2. The normalized spacial score (nSPS) is 21.8. The summed E-state index contributed by atoms with van der Waals surface area (Å²) < 4.78 is 5.78. The van der Waals surface area contributed by atoms with E-state index in [1.165, 1.54) is 18.4 Å². The van der Waals surface area contributed by atoms with Gasteiger partial charge in [-0.3, -0.25) is 14.5 Å². The lowest BCUT2D eigenvalue weighted by molar-refractivity contribution is -0.141. The number of benzene rings is 2. The zero-order chi connectivity index (χ0) is 22.6. The smallest absolute Gasteiger partial charge is 0.253 e. The summed E-state index contributed by atoms with van der Waals surface area (Å²) in [5.74, 6) is 1.83. The summed E-state index contributed by atoms with van der Waals surface area (Å²) in [6, 6.07) is 17.7. The summed E-state index contributed by atoms with van der Waals surface area (Å²) in [5.41, 5.74) is 1.87. The van der Waals surface area contributed by atoms with Gasteiger partial charge in [-0.05, 0) is 61.4 Å². The molecule has 0 aromatic heterocycles. The molecule has 5 rings (SSSR count). The van der Waals surface area contributed by atoms with Crippen molar-refractivity contribution in [2.24, 2.45) is 5.92 Å². The first kappa shape index (κ1) is 22.0. The molecule has 0 N–H and O–H groups in total. The molecule has 2 amide bonds. The average Bonchev–Trinajstić information content (AvgIpc) is 3.69. The Labute approximate surface area is 196 Å². The van der Waals surface area contributed by atoms with Crippen LogP contribution in [0.15, 0.2) is 54.6 Å². The molecule has 0 spiro atoms. The van der Waals surface area contributed by atoms with E-state index >= 15 is 0 Å². The topological polar surface area (TPSA) is 53.1 Å². The van der Waals surface area contributed by atoms with E-state index in [-0.39, 0.29) is 17.9 Å². The maximum atomic E-state index is 13.2. The summed E-state index contributed by atoms with van der Waals surface area (Å²) in [7, 11) is 0. The number of piperazine rings is 1. The Hall–Kier alpha value is -2.86. The quantitative estimate of drug-likeness (QED) is 0.653. The first-order valence-corrected chi connectivity index (χ1v) is 12.3. The number of likely N-dealkylation sites (tertiary alicyclic amines) is 1. The van der Waals surface area contributed by atoms with Crippen molar-refractivity contribution in [2.75, 3.05) is 39.3 Å². The van der Waals surface area contributed by atoms with Gasteiger partial charge >= 0.3 is 0 Å². The first-order chi connectivity index (χ1) is 16.2. The molecule has 3 fully saturated rings. The second kappa shape index (κ2) is 9.96. The van der Waals surface area contributed by atoms with Crippen molar-refractivity contribution in [2.45, 2.75) is 38.3 Å². The van der Waals surface area contributed by atoms with Crippen molar-refractivity contribution >= 4 is 11.8 Å². The van der Waals surface area contributed by atoms with Gasteiger partial charge in [-0.2, -0.15) is 0 Å². The minimum atomic E-state index is -0.0670. The van der Waals surface area contributed by atoms with Crippen LogP contribution in [-0.2, 0) is 11.3 Å². The fourth-order valence-electron chi connectivity index (χ4n) is 4.83. The Balaban J connectivity index is 1.13. The summed E-state index contributed by atoms with van der Waals surface area (Å²) in [6.45, 7) is 5.06. The van der Waals surface area contributed by atoms with E-state index in [1.807, 2.05) is 52.3 Å². The Bertz CT molecular complexity index is 950. The van der Waals surface area contributed by atoms with Crippen LogP contribution in [0.3, 0.4) is 0 Å². The Kier molecular flexibility index (Phi) is 6.63. The molecule has 3 aliphatic rings. The van der Waals surface area contributed by atoms with Crippen LogP contribution in [0.5, 0.6) is 5.75 Å². The lowest BCUT2D eigenvalue weighted by Gasteiger charge is -2.42. The fraction of sp³-hybridized carbons (Fsp3) is 0.481. The molecule has 1 saturated carbocycles. The molecule has 2 heterocycles. The first-order valence-electron chi connectivity index (χ1n) is 12.3. The number of hydrogen-bond donors (Lipinski definition) is 0. The van der Waals surface area contributed by atoms with Gasteiger partial charge in [0.25, 0.3) is 5.91 Å². The van der Waals surface area contributed by atoms with Gasteiger partial charge in [0, 0.05) is 44.8 Å². The van der Waals surface area contributed by atoms with Crippen LogP contribution in [0.4, 0.5) is 0 Å². The molecule has 1 unspecified atom stereocenters.